The highest BCUT2D eigenvalue weighted by Crippen LogP contribution is 2.25. The van der Waals surface area contributed by atoms with Crippen molar-refractivity contribution in [3.05, 3.63) is 29.8 Å². The summed E-state index contributed by atoms with van der Waals surface area (Å²) in [4.78, 5) is 25.1. The summed E-state index contributed by atoms with van der Waals surface area (Å²) in [5, 5.41) is 2.78. The molecule has 0 aromatic heterocycles. The lowest BCUT2D eigenvalue weighted by Gasteiger charge is -2.34. The number of methoxy groups -OCH3 is 1. The summed E-state index contributed by atoms with van der Waals surface area (Å²) in [5.74, 6) is 0.497. The Morgan fingerprint density at radius 1 is 1.39 bits per heavy atom. The maximum atomic E-state index is 11.9. The van der Waals surface area contributed by atoms with Gasteiger partial charge in [0.1, 0.15) is 11.8 Å². The Kier molecular flexibility index (Phi) is 3.50. The zero-order valence-corrected chi connectivity index (χ0v) is 10.5. The molecule has 0 spiro atoms. The molecule has 1 aliphatic heterocycles. The molecule has 5 nitrogen and oxygen atoms in total. The summed E-state index contributed by atoms with van der Waals surface area (Å²) >= 11 is 0. The quantitative estimate of drug-likeness (QED) is 0.838. The lowest BCUT2D eigenvalue weighted by atomic mass is 10.0. The molecule has 1 fully saturated rings. The maximum absolute atomic E-state index is 11.9. The van der Waals surface area contributed by atoms with E-state index in [1.54, 1.807) is 24.1 Å². The van der Waals surface area contributed by atoms with Crippen molar-refractivity contribution in [2.24, 2.45) is 0 Å². The number of piperazine rings is 1. The molecule has 1 unspecified atom stereocenters. The Morgan fingerprint density at radius 2 is 2.06 bits per heavy atom. The highest BCUT2D eigenvalue weighted by Gasteiger charge is 2.32. The van der Waals surface area contributed by atoms with Crippen LogP contribution >= 0.6 is 0 Å². The van der Waals surface area contributed by atoms with Crippen molar-refractivity contribution < 1.29 is 14.3 Å². The highest BCUT2D eigenvalue weighted by atomic mass is 16.5. The summed E-state index contributed by atoms with van der Waals surface area (Å²) in [7, 11) is 1.59. The minimum atomic E-state index is -0.540. The second-order valence-corrected chi connectivity index (χ2v) is 4.18. The van der Waals surface area contributed by atoms with E-state index in [0.717, 1.165) is 11.3 Å². The molecule has 2 rings (SSSR count). The van der Waals surface area contributed by atoms with E-state index in [1.165, 1.54) is 6.92 Å². The maximum Gasteiger partial charge on any atom is 0.247 e. The summed E-state index contributed by atoms with van der Waals surface area (Å²) in [6, 6.07) is 6.65. The molecule has 5 heteroatoms. The van der Waals surface area contributed by atoms with Gasteiger partial charge in [-0.15, -0.1) is 0 Å². The van der Waals surface area contributed by atoms with Crippen LogP contribution in [-0.2, 0) is 9.59 Å². The zero-order chi connectivity index (χ0) is 13.1. The predicted molar refractivity (Wildman–Crippen MR) is 66.1 cm³/mol. The number of rotatable bonds is 2. The number of nitrogens with one attached hydrogen (secondary N) is 1. The number of ether oxygens (including phenoxy) is 1. The summed E-state index contributed by atoms with van der Waals surface area (Å²) in [6.45, 7) is 2.53. The standard InChI is InChI=1S/C13H16N2O3/c1-9(16)15-8-7-14-13(17)12(15)10-3-5-11(18-2)6-4-10/h3-6,12H,7-8H2,1-2H3,(H,14,17). The number of hydrogen-bond donors (Lipinski definition) is 1. The van der Waals surface area contributed by atoms with Gasteiger partial charge < -0.3 is 15.0 Å². The predicted octanol–water partition coefficient (Wildman–Crippen LogP) is 0.715. The molecular formula is C13H16N2O3. The summed E-state index contributed by atoms with van der Waals surface area (Å²) < 4.78 is 5.08. The first-order chi connectivity index (χ1) is 8.63. The molecule has 1 aromatic rings. The normalized spacial score (nSPS) is 19.3. The molecule has 1 atom stereocenters. The number of amides is 2. The number of benzene rings is 1. The average molecular weight is 248 g/mol. The van der Waals surface area contributed by atoms with E-state index in [-0.39, 0.29) is 11.8 Å². The monoisotopic (exact) mass is 248 g/mol. The Labute approximate surface area is 106 Å². The van der Waals surface area contributed by atoms with Crippen molar-refractivity contribution in [1.29, 1.82) is 0 Å². The van der Waals surface area contributed by atoms with Crippen molar-refractivity contribution in [3.63, 3.8) is 0 Å². The van der Waals surface area contributed by atoms with Crippen LogP contribution < -0.4 is 10.1 Å². The Balaban J connectivity index is 2.31. The molecule has 0 radical (unpaired) electrons. The van der Waals surface area contributed by atoms with Gasteiger partial charge in [-0.1, -0.05) is 12.1 Å². The largest absolute Gasteiger partial charge is 0.497 e. The minimum absolute atomic E-state index is 0.0920. The minimum Gasteiger partial charge on any atom is -0.497 e. The second kappa shape index (κ2) is 5.08. The molecule has 2 amide bonds. The smallest absolute Gasteiger partial charge is 0.247 e. The molecule has 0 aliphatic carbocycles. The molecule has 1 saturated heterocycles. The fraction of sp³-hybridized carbons (Fsp3) is 0.385. The van der Waals surface area contributed by atoms with E-state index in [2.05, 4.69) is 5.32 Å². The van der Waals surface area contributed by atoms with Crippen LogP contribution in [0.2, 0.25) is 0 Å². The van der Waals surface area contributed by atoms with Gasteiger partial charge in [-0.25, -0.2) is 0 Å². The van der Waals surface area contributed by atoms with Gasteiger partial charge in [-0.05, 0) is 17.7 Å². The Bertz CT molecular complexity index is 456. The van der Waals surface area contributed by atoms with Crippen LogP contribution in [0, 0.1) is 0 Å². The summed E-state index contributed by atoms with van der Waals surface area (Å²) in [5.41, 5.74) is 0.795. The van der Waals surface area contributed by atoms with Gasteiger partial charge in [0.2, 0.25) is 11.8 Å². The average Bonchev–Trinajstić information content (AvgIpc) is 2.38. The molecule has 1 aliphatic rings. The Morgan fingerprint density at radius 3 is 2.61 bits per heavy atom. The van der Waals surface area contributed by atoms with Crippen molar-refractivity contribution in [2.75, 3.05) is 20.2 Å². The van der Waals surface area contributed by atoms with Crippen LogP contribution in [0.15, 0.2) is 24.3 Å². The van der Waals surface area contributed by atoms with Crippen LogP contribution in [0.25, 0.3) is 0 Å². The summed E-state index contributed by atoms with van der Waals surface area (Å²) in [6.07, 6.45) is 0. The van der Waals surface area contributed by atoms with Crippen LogP contribution in [0.3, 0.4) is 0 Å². The first-order valence-electron chi connectivity index (χ1n) is 5.82. The van der Waals surface area contributed by atoms with Gasteiger partial charge >= 0.3 is 0 Å². The molecule has 96 valence electrons. The van der Waals surface area contributed by atoms with Gasteiger partial charge in [-0.2, -0.15) is 0 Å². The SMILES string of the molecule is COc1ccc(C2C(=O)NCCN2C(C)=O)cc1. The van der Waals surface area contributed by atoms with Crippen LogP contribution in [0.5, 0.6) is 5.75 Å². The molecule has 1 aromatic carbocycles. The molecule has 0 saturated carbocycles. The van der Waals surface area contributed by atoms with Crippen molar-refractivity contribution in [3.8, 4) is 5.75 Å². The number of carbonyl (C=O) groups is 2. The van der Waals surface area contributed by atoms with Crippen LogP contribution in [0.1, 0.15) is 18.5 Å². The van der Waals surface area contributed by atoms with Gasteiger partial charge in [-0.3, -0.25) is 9.59 Å². The van der Waals surface area contributed by atoms with E-state index >= 15 is 0 Å². The van der Waals surface area contributed by atoms with Crippen LogP contribution in [-0.4, -0.2) is 36.9 Å². The number of hydrogen-bond acceptors (Lipinski definition) is 3. The lowest BCUT2D eigenvalue weighted by Crippen LogP contribution is -2.51. The van der Waals surface area contributed by atoms with Gasteiger partial charge in [0.25, 0.3) is 0 Å². The molecule has 1 heterocycles. The lowest BCUT2D eigenvalue weighted by molar-refractivity contribution is -0.142. The van der Waals surface area contributed by atoms with Crippen molar-refractivity contribution in [2.45, 2.75) is 13.0 Å². The van der Waals surface area contributed by atoms with Crippen molar-refractivity contribution >= 4 is 11.8 Å². The first kappa shape index (κ1) is 12.4. The Hall–Kier alpha value is -2.04. The topological polar surface area (TPSA) is 58.6 Å². The van der Waals surface area contributed by atoms with E-state index in [4.69, 9.17) is 4.74 Å². The van der Waals surface area contributed by atoms with Gasteiger partial charge in [0.05, 0.1) is 7.11 Å². The van der Waals surface area contributed by atoms with E-state index in [1.807, 2.05) is 12.1 Å². The third-order valence-corrected chi connectivity index (χ3v) is 3.05. The molecule has 1 N–H and O–H groups in total. The number of nitrogens with zero attached hydrogens (tertiary/aromatic N) is 1. The highest BCUT2D eigenvalue weighted by molar-refractivity contribution is 5.89. The van der Waals surface area contributed by atoms with E-state index in [9.17, 15) is 9.59 Å². The fourth-order valence-electron chi connectivity index (χ4n) is 2.12. The third kappa shape index (κ3) is 2.30. The van der Waals surface area contributed by atoms with E-state index < -0.39 is 6.04 Å². The zero-order valence-electron chi connectivity index (χ0n) is 10.5. The van der Waals surface area contributed by atoms with Crippen LogP contribution in [0.4, 0.5) is 0 Å². The fourth-order valence-corrected chi connectivity index (χ4v) is 2.12. The third-order valence-electron chi connectivity index (χ3n) is 3.05. The van der Waals surface area contributed by atoms with Gasteiger partial charge in [0.15, 0.2) is 0 Å². The molecule has 0 bridgehead atoms. The van der Waals surface area contributed by atoms with E-state index in [0.29, 0.717) is 13.1 Å². The first-order valence-corrected chi connectivity index (χ1v) is 5.82. The van der Waals surface area contributed by atoms with Crippen molar-refractivity contribution in [1.82, 2.24) is 10.2 Å². The number of carbonyl (C=O) groups excluding carboxylic acids is 2. The van der Waals surface area contributed by atoms with Gasteiger partial charge in [0, 0.05) is 20.0 Å². The molecular weight excluding hydrogens is 232 g/mol. The second-order valence-electron chi connectivity index (χ2n) is 4.18. The molecule has 18 heavy (non-hydrogen) atoms.